The standard InChI is InChI=1S/C28H23Cl3N2O6/c1-15(2)22-13-23(30)16(3)8-27(22)37-14-20-5-7-26(38-20)28(34)32-18-10-19(33(35)36)12-21(11-18)39-25-6-4-17(29)9-24(25)31/h4-13,15H,14H2,1-3H3,(H,32,34). The zero-order valence-electron chi connectivity index (χ0n) is 21.1. The number of furan rings is 1. The lowest BCUT2D eigenvalue weighted by molar-refractivity contribution is -0.384. The summed E-state index contributed by atoms with van der Waals surface area (Å²) in [5.74, 6) is 1.02. The van der Waals surface area contributed by atoms with Gasteiger partial charge in [0.15, 0.2) is 5.76 Å². The highest BCUT2D eigenvalue weighted by molar-refractivity contribution is 6.35. The fraction of sp³-hybridized carbons (Fsp3) is 0.179. The van der Waals surface area contributed by atoms with Crippen molar-refractivity contribution in [3.63, 3.8) is 0 Å². The van der Waals surface area contributed by atoms with Crippen LogP contribution < -0.4 is 14.8 Å². The number of non-ortho nitro benzene ring substituents is 1. The van der Waals surface area contributed by atoms with Gasteiger partial charge in [-0.15, -0.1) is 0 Å². The van der Waals surface area contributed by atoms with Crippen LogP contribution in [0, 0.1) is 17.0 Å². The van der Waals surface area contributed by atoms with E-state index in [0.29, 0.717) is 21.6 Å². The van der Waals surface area contributed by atoms with Crippen molar-refractivity contribution in [2.45, 2.75) is 33.3 Å². The Kier molecular flexibility index (Phi) is 8.70. The Balaban J connectivity index is 1.49. The maximum atomic E-state index is 12.9. The summed E-state index contributed by atoms with van der Waals surface area (Å²) in [7, 11) is 0. The largest absolute Gasteiger partial charge is 0.485 e. The van der Waals surface area contributed by atoms with E-state index in [9.17, 15) is 14.9 Å². The predicted molar refractivity (Wildman–Crippen MR) is 151 cm³/mol. The number of carbonyl (C=O) groups is 1. The lowest BCUT2D eigenvalue weighted by Crippen LogP contribution is -2.11. The van der Waals surface area contributed by atoms with E-state index in [0.717, 1.165) is 11.1 Å². The molecule has 0 saturated carbocycles. The molecule has 1 aromatic heterocycles. The summed E-state index contributed by atoms with van der Waals surface area (Å²) < 4.78 is 17.3. The number of ether oxygens (including phenoxy) is 2. The summed E-state index contributed by atoms with van der Waals surface area (Å²) in [5.41, 5.74) is 1.68. The number of benzene rings is 3. The molecule has 0 fully saturated rings. The molecule has 1 amide bonds. The Morgan fingerprint density at radius 1 is 1.00 bits per heavy atom. The van der Waals surface area contributed by atoms with Gasteiger partial charge < -0.3 is 19.2 Å². The van der Waals surface area contributed by atoms with E-state index in [4.69, 9.17) is 48.7 Å². The van der Waals surface area contributed by atoms with Crippen molar-refractivity contribution in [3.05, 3.63) is 108 Å². The maximum Gasteiger partial charge on any atom is 0.291 e. The minimum absolute atomic E-state index is 0.000287. The Hall–Kier alpha value is -3.72. The number of nitrogens with one attached hydrogen (secondary N) is 1. The summed E-state index contributed by atoms with van der Waals surface area (Å²) in [6.45, 7) is 6.06. The number of rotatable bonds is 9. The van der Waals surface area contributed by atoms with Crippen LogP contribution in [0.15, 0.2) is 65.1 Å². The second kappa shape index (κ2) is 12.0. The smallest absolute Gasteiger partial charge is 0.291 e. The van der Waals surface area contributed by atoms with Gasteiger partial charge in [0.05, 0.1) is 21.7 Å². The molecule has 4 rings (SSSR count). The molecule has 11 heteroatoms. The van der Waals surface area contributed by atoms with Gasteiger partial charge >= 0.3 is 0 Å². The highest BCUT2D eigenvalue weighted by atomic mass is 35.5. The van der Waals surface area contributed by atoms with Crippen molar-refractivity contribution in [2.24, 2.45) is 0 Å². The topological polar surface area (TPSA) is 104 Å². The second-order valence-corrected chi connectivity index (χ2v) is 10.2. The SMILES string of the molecule is Cc1cc(OCc2ccc(C(=O)Nc3cc(Oc4ccc(Cl)cc4Cl)cc([N+](=O)[O-])c3)o2)c(C(C)C)cc1Cl. The van der Waals surface area contributed by atoms with Gasteiger partial charge in [-0.2, -0.15) is 0 Å². The molecule has 0 spiro atoms. The molecule has 0 saturated heterocycles. The lowest BCUT2D eigenvalue weighted by atomic mass is 10.0. The van der Waals surface area contributed by atoms with Crippen molar-refractivity contribution < 1.29 is 23.6 Å². The molecule has 0 atom stereocenters. The van der Waals surface area contributed by atoms with E-state index < -0.39 is 10.8 Å². The normalized spacial score (nSPS) is 10.9. The monoisotopic (exact) mass is 588 g/mol. The minimum atomic E-state index is -0.609. The third kappa shape index (κ3) is 7.03. The van der Waals surface area contributed by atoms with Crippen molar-refractivity contribution in [2.75, 3.05) is 5.32 Å². The van der Waals surface area contributed by atoms with Crippen LogP contribution in [0.1, 0.15) is 47.2 Å². The van der Waals surface area contributed by atoms with Crippen molar-refractivity contribution in [1.82, 2.24) is 0 Å². The molecule has 0 aliphatic rings. The fourth-order valence-electron chi connectivity index (χ4n) is 3.67. The van der Waals surface area contributed by atoms with Crippen LogP contribution in [0.2, 0.25) is 15.1 Å². The number of anilines is 1. The number of aryl methyl sites for hydroxylation is 1. The number of nitro benzene ring substituents is 1. The lowest BCUT2D eigenvalue weighted by Gasteiger charge is -2.15. The first-order chi connectivity index (χ1) is 18.5. The molecule has 39 heavy (non-hydrogen) atoms. The molecule has 4 aromatic rings. The summed E-state index contributed by atoms with van der Waals surface area (Å²) >= 11 is 18.3. The summed E-state index contributed by atoms with van der Waals surface area (Å²) in [6.07, 6.45) is 0. The molecular formula is C28H23Cl3N2O6. The average Bonchev–Trinajstić information content (AvgIpc) is 3.35. The second-order valence-electron chi connectivity index (χ2n) is 8.95. The van der Waals surface area contributed by atoms with Crippen LogP contribution in [0.25, 0.3) is 0 Å². The predicted octanol–water partition coefficient (Wildman–Crippen LogP) is 9.20. The number of nitro groups is 1. The van der Waals surface area contributed by atoms with E-state index in [2.05, 4.69) is 5.32 Å². The average molecular weight is 590 g/mol. The van der Waals surface area contributed by atoms with E-state index in [1.165, 1.54) is 36.4 Å². The summed E-state index contributed by atoms with van der Waals surface area (Å²) in [4.78, 5) is 23.7. The Labute approximate surface area is 239 Å². The van der Waals surface area contributed by atoms with Gasteiger partial charge in [0.25, 0.3) is 11.6 Å². The van der Waals surface area contributed by atoms with Crippen LogP contribution in [0.3, 0.4) is 0 Å². The molecule has 0 aliphatic carbocycles. The number of hydrogen-bond acceptors (Lipinski definition) is 6. The zero-order chi connectivity index (χ0) is 28.3. The molecule has 3 aromatic carbocycles. The Morgan fingerprint density at radius 2 is 1.77 bits per heavy atom. The first kappa shape index (κ1) is 28.3. The molecule has 0 aliphatic heterocycles. The molecule has 1 N–H and O–H groups in total. The summed E-state index contributed by atoms with van der Waals surface area (Å²) in [5, 5.41) is 15.4. The number of halogens is 3. The maximum absolute atomic E-state index is 12.9. The van der Waals surface area contributed by atoms with Gasteiger partial charge in [-0.25, -0.2) is 0 Å². The number of nitrogens with zero attached hydrogens (tertiary/aromatic N) is 1. The molecule has 1 heterocycles. The number of amides is 1. The highest BCUT2D eigenvalue weighted by Gasteiger charge is 2.18. The van der Waals surface area contributed by atoms with Crippen molar-refractivity contribution >= 4 is 52.1 Å². The number of carbonyl (C=O) groups excluding carboxylic acids is 1. The van der Waals surface area contributed by atoms with Crippen LogP contribution in [0.4, 0.5) is 11.4 Å². The van der Waals surface area contributed by atoms with Crippen LogP contribution in [0.5, 0.6) is 17.2 Å². The number of hydrogen-bond donors (Lipinski definition) is 1. The van der Waals surface area contributed by atoms with Gasteiger partial charge in [-0.1, -0.05) is 48.7 Å². The van der Waals surface area contributed by atoms with Crippen LogP contribution in [-0.2, 0) is 6.61 Å². The van der Waals surface area contributed by atoms with Gasteiger partial charge in [0, 0.05) is 22.2 Å². The highest BCUT2D eigenvalue weighted by Crippen LogP contribution is 2.35. The molecule has 0 radical (unpaired) electrons. The van der Waals surface area contributed by atoms with Crippen LogP contribution in [-0.4, -0.2) is 10.8 Å². The van der Waals surface area contributed by atoms with E-state index >= 15 is 0 Å². The molecule has 8 nitrogen and oxygen atoms in total. The molecule has 0 unspecified atom stereocenters. The van der Waals surface area contributed by atoms with Gasteiger partial charge in [-0.3, -0.25) is 14.9 Å². The minimum Gasteiger partial charge on any atom is -0.485 e. The van der Waals surface area contributed by atoms with Gasteiger partial charge in [-0.05, 0) is 66.4 Å². The third-order valence-electron chi connectivity index (χ3n) is 5.65. The molecular weight excluding hydrogens is 567 g/mol. The van der Waals surface area contributed by atoms with Crippen LogP contribution >= 0.6 is 34.8 Å². The first-order valence-corrected chi connectivity index (χ1v) is 12.9. The van der Waals surface area contributed by atoms with E-state index in [1.807, 2.05) is 32.9 Å². The molecule has 0 bridgehead atoms. The van der Waals surface area contributed by atoms with Gasteiger partial charge in [0.2, 0.25) is 0 Å². The zero-order valence-corrected chi connectivity index (χ0v) is 23.4. The Bertz CT molecular complexity index is 1550. The van der Waals surface area contributed by atoms with E-state index in [-0.39, 0.29) is 46.2 Å². The van der Waals surface area contributed by atoms with E-state index in [1.54, 1.807) is 12.1 Å². The molecule has 202 valence electrons. The van der Waals surface area contributed by atoms with Crippen molar-refractivity contribution in [1.29, 1.82) is 0 Å². The van der Waals surface area contributed by atoms with Crippen molar-refractivity contribution in [3.8, 4) is 17.2 Å². The third-order valence-corrected chi connectivity index (χ3v) is 6.59. The quantitative estimate of drug-likeness (QED) is 0.154. The Morgan fingerprint density at radius 3 is 2.46 bits per heavy atom. The summed E-state index contributed by atoms with van der Waals surface area (Å²) in [6, 6.07) is 15.3. The first-order valence-electron chi connectivity index (χ1n) is 11.8. The fourth-order valence-corrected chi connectivity index (χ4v) is 4.29. The van der Waals surface area contributed by atoms with Gasteiger partial charge in [0.1, 0.15) is 29.6 Å².